The van der Waals surface area contributed by atoms with Crippen LogP contribution in [0.1, 0.15) is 19.1 Å². The number of hydrogen-bond acceptors (Lipinski definition) is 4. The molecule has 22 heavy (non-hydrogen) atoms. The predicted octanol–water partition coefficient (Wildman–Crippen LogP) is 2.82. The molecule has 0 saturated carbocycles. The van der Waals surface area contributed by atoms with Crippen molar-refractivity contribution in [1.29, 1.82) is 0 Å². The van der Waals surface area contributed by atoms with Gasteiger partial charge in [0.25, 0.3) is 0 Å². The van der Waals surface area contributed by atoms with Gasteiger partial charge in [0.05, 0.1) is 19.1 Å². The first kappa shape index (κ1) is 15.6. The van der Waals surface area contributed by atoms with E-state index in [9.17, 15) is 9.59 Å². The lowest BCUT2D eigenvalue weighted by atomic mass is 10.2. The summed E-state index contributed by atoms with van der Waals surface area (Å²) in [6.45, 7) is 1.42. The van der Waals surface area contributed by atoms with Crippen LogP contribution in [0.4, 0.5) is 11.4 Å². The average molecular weight is 302 g/mol. The van der Waals surface area contributed by atoms with Crippen molar-refractivity contribution < 1.29 is 18.7 Å². The van der Waals surface area contributed by atoms with Gasteiger partial charge in [0, 0.05) is 25.5 Å². The molecule has 0 unspecified atom stereocenters. The number of anilines is 2. The Kier molecular flexibility index (Phi) is 5.19. The summed E-state index contributed by atoms with van der Waals surface area (Å²) < 4.78 is 10.4. The van der Waals surface area contributed by atoms with E-state index in [4.69, 9.17) is 9.15 Å². The fourth-order valence-corrected chi connectivity index (χ4v) is 1.99. The smallest absolute Gasteiger partial charge is 0.224 e. The second-order valence-corrected chi connectivity index (χ2v) is 4.72. The van der Waals surface area contributed by atoms with Crippen LogP contribution in [0.25, 0.3) is 0 Å². The summed E-state index contributed by atoms with van der Waals surface area (Å²) in [5, 5.41) is 5.44. The number of carbonyl (C=O) groups excluding carboxylic acids is 2. The van der Waals surface area contributed by atoms with Crippen LogP contribution in [0.15, 0.2) is 41.0 Å². The zero-order chi connectivity index (χ0) is 15.9. The van der Waals surface area contributed by atoms with E-state index in [1.54, 1.807) is 30.5 Å². The summed E-state index contributed by atoms with van der Waals surface area (Å²) in [6.07, 6.45) is 2.39. The molecule has 6 heteroatoms. The zero-order valence-electron chi connectivity index (χ0n) is 12.5. The van der Waals surface area contributed by atoms with Gasteiger partial charge in [-0.25, -0.2) is 0 Å². The van der Waals surface area contributed by atoms with E-state index < -0.39 is 0 Å². The topological polar surface area (TPSA) is 80.6 Å². The van der Waals surface area contributed by atoms with Crippen LogP contribution in [0.2, 0.25) is 0 Å². The van der Waals surface area contributed by atoms with E-state index in [1.165, 1.54) is 14.0 Å². The Balaban J connectivity index is 2.02. The van der Waals surface area contributed by atoms with Crippen LogP contribution in [0.5, 0.6) is 5.75 Å². The highest BCUT2D eigenvalue weighted by Gasteiger charge is 2.10. The molecule has 0 saturated heterocycles. The Hall–Kier alpha value is -2.76. The van der Waals surface area contributed by atoms with Gasteiger partial charge < -0.3 is 19.8 Å². The van der Waals surface area contributed by atoms with Gasteiger partial charge in [-0.15, -0.1) is 0 Å². The molecule has 0 radical (unpaired) electrons. The third-order valence-electron chi connectivity index (χ3n) is 2.97. The lowest BCUT2D eigenvalue weighted by Crippen LogP contribution is -2.13. The van der Waals surface area contributed by atoms with Gasteiger partial charge in [0.2, 0.25) is 11.8 Å². The molecule has 0 fully saturated rings. The van der Waals surface area contributed by atoms with E-state index in [2.05, 4.69) is 10.6 Å². The number of nitrogens with one attached hydrogen (secondary N) is 2. The SMILES string of the molecule is COc1ccc(NC(C)=O)cc1NC(=O)CCc1ccco1. The Bertz CT molecular complexity index is 650. The van der Waals surface area contributed by atoms with Gasteiger partial charge >= 0.3 is 0 Å². The minimum Gasteiger partial charge on any atom is -0.495 e. The lowest BCUT2D eigenvalue weighted by molar-refractivity contribution is -0.116. The molecular formula is C16H18N2O4. The molecule has 1 aromatic carbocycles. The quantitative estimate of drug-likeness (QED) is 0.859. The van der Waals surface area contributed by atoms with Crippen molar-refractivity contribution in [3.8, 4) is 5.75 Å². The molecule has 0 aliphatic carbocycles. The first-order chi connectivity index (χ1) is 10.6. The molecule has 2 aromatic rings. The third kappa shape index (κ3) is 4.37. The molecule has 1 heterocycles. The fraction of sp³-hybridized carbons (Fsp3) is 0.250. The van der Waals surface area contributed by atoms with Crippen LogP contribution in [0.3, 0.4) is 0 Å². The Labute approximate surface area is 128 Å². The van der Waals surface area contributed by atoms with Crippen LogP contribution in [-0.2, 0) is 16.0 Å². The van der Waals surface area contributed by atoms with Crippen molar-refractivity contribution >= 4 is 23.2 Å². The number of carbonyl (C=O) groups is 2. The molecule has 2 amide bonds. The highest BCUT2D eigenvalue weighted by molar-refractivity contribution is 5.95. The predicted molar refractivity (Wildman–Crippen MR) is 83.0 cm³/mol. The number of rotatable bonds is 6. The number of methoxy groups -OCH3 is 1. The van der Waals surface area contributed by atoms with Crippen LogP contribution < -0.4 is 15.4 Å². The second-order valence-electron chi connectivity index (χ2n) is 4.72. The lowest BCUT2D eigenvalue weighted by Gasteiger charge is -2.12. The highest BCUT2D eigenvalue weighted by Crippen LogP contribution is 2.28. The Morgan fingerprint density at radius 2 is 2.05 bits per heavy atom. The minimum atomic E-state index is -0.180. The molecular weight excluding hydrogens is 284 g/mol. The monoisotopic (exact) mass is 302 g/mol. The summed E-state index contributed by atoms with van der Waals surface area (Å²) in [7, 11) is 1.52. The van der Waals surface area contributed by atoms with E-state index in [0.29, 0.717) is 30.0 Å². The molecule has 0 spiro atoms. The molecule has 2 rings (SSSR count). The van der Waals surface area contributed by atoms with E-state index in [0.717, 1.165) is 5.76 Å². The van der Waals surface area contributed by atoms with Crippen LogP contribution >= 0.6 is 0 Å². The van der Waals surface area contributed by atoms with Crippen molar-refractivity contribution in [2.24, 2.45) is 0 Å². The van der Waals surface area contributed by atoms with Gasteiger partial charge in [0.1, 0.15) is 11.5 Å². The first-order valence-corrected chi connectivity index (χ1v) is 6.86. The molecule has 1 aromatic heterocycles. The average Bonchev–Trinajstić information content (AvgIpc) is 2.98. The maximum Gasteiger partial charge on any atom is 0.224 e. The summed E-state index contributed by atoms with van der Waals surface area (Å²) in [4.78, 5) is 23.1. The summed E-state index contributed by atoms with van der Waals surface area (Å²) >= 11 is 0. The summed E-state index contributed by atoms with van der Waals surface area (Å²) in [5.74, 6) is 0.949. The normalized spacial score (nSPS) is 10.1. The molecule has 6 nitrogen and oxygen atoms in total. The Morgan fingerprint density at radius 3 is 2.68 bits per heavy atom. The second kappa shape index (κ2) is 7.31. The zero-order valence-corrected chi connectivity index (χ0v) is 12.5. The van der Waals surface area contributed by atoms with Gasteiger partial charge in [-0.1, -0.05) is 0 Å². The fourth-order valence-electron chi connectivity index (χ4n) is 1.99. The Morgan fingerprint density at radius 1 is 1.23 bits per heavy atom. The van der Waals surface area contributed by atoms with Crippen molar-refractivity contribution in [2.45, 2.75) is 19.8 Å². The van der Waals surface area contributed by atoms with Crippen molar-refractivity contribution in [3.63, 3.8) is 0 Å². The minimum absolute atomic E-state index is 0.158. The molecule has 0 aliphatic heterocycles. The number of aryl methyl sites for hydroxylation is 1. The highest BCUT2D eigenvalue weighted by atomic mass is 16.5. The molecule has 0 aliphatic rings. The maximum absolute atomic E-state index is 12.0. The van der Waals surface area contributed by atoms with Crippen LogP contribution in [-0.4, -0.2) is 18.9 Å². The molecule has 2 N–H and O–H groups in total. The van der Waals surface area contributed by atoms with Gasteiger partial charge in [-0.2, -0.15) is 0 Å². The molecule has 116 valence electrons. The number of hydrogen-bond donors (Lipinski definition) is 2. The van der Waals surface area contributed by atoms with Gasteiger partial charge in [-0.05, 0) is 30.3 Å². The van der Waals surface area contributed by atoms with E-state index in [-0.39, 0.29) is 11.8 Å². The van der Waals surface area contributed by atoms with E-state index in [1.807, 2.05) is 6.07 Å². The van der Waals surface area contributed by atoms with Crippen LogP contribution in [0, 0.1) is 0 Å². The largest absolute Gasteiger partial charge is 0.495 e. The van der Waals surface area contributed by atoms with Crippen molar-refractivity contribution in [2.75, 3.05) is 17.7 Å². The number of benzene rings is 1. The summed E-state index contributed by atoms with van der Waals surface area (Å²) in [6, 6.07) is 8.66. The van der Waals surface area contributed by atoms with Crippen molar-refractivity contribution in [3.05, 3.63) is 42.4 Å². The number of furan rings is 1. The van der Waals surface area contributed by atoms with Gasteiger partial charge in [0.15, 0.2) is 0 Å². The summed E-state index contributed by atoms with van der Waals surface area (Å²) in [5.41, 5.74) is 1.10. The number of ether oxygens (including phenoxy) is 1. The number of amides is 2. The third-order valence-corrected chi connectivity index (χ3v) is 2.97. The van der Waals surface area contributed by atoms with E-state index >= 15 is 0 Å². The molecule has 0 bridgehead atoms. The standard InChI is InChI=1S/C16H18N2O4/c1-11(19)17-12-5-7-15(21-2)14(10-12)18-16(20)8-6-13-4-3-9-22-13/h3-5,7,9-10H,6,8H2,1-2H3,(H,17,19)(H,18,20). The maximum atomic E-state index is 12.0. The van der Waals surface area contributed by atoms with Crippen molar-refractivity contribution in [1.82, 2.24) is 0 Å². The van der Waals surface area contributed by atoms with Gasteiger partial charge in [-0.3, -0.25) is 9.59 Å². The molecule has 0 atom stereocenters. The first-order valence-electron chi connectivity index (χ1n) is 6.86.